The normalized spacial score (nSPS) is 48.4. The Morgan fingerprint density at radius 3 is 3.22 bits per heavy atom. The number of carboxylic acid groups (broad SMARTS) is 1. The first-order valence-corrected chi connectivity index (χ1v) is 7.22. The summed E-state index contributed by atoms with van der Waals surface area (Å²) < 4.78 is 5.92. The van der Waals surface area contributed by atoms with Crippen molar-refractivity contribution in [3.8, 4) is 0 Å². The number of ether oxygens (including phenoxy) is 1. The lowest BCUT2D eigenvalue weighted by Crippen LogP contribution is -2.45. The number of carbonyl (C=O) groups excluding carboxylic acids is 1. The van der Waals surface area contributed by atoms with Gasteiger partial charge in [0.05, 0.1) is 12.0 Å². The Kier molecular flexibility index (Phi) is 1.99. The van der Waals surface area contributed by atoms with Gasteiger partial charge in [-0.15, -0.1) is 11.8 Å². The average molecular weight is 267 g/mol. The lowest BCUT2D eigenvalue weighted by Gasteiger charge is -2.35. The molecule has 2 bridgehead atoms. The maximum atomic E-state index is 12.5. The van der Waals surface area contributed by atoms with E-state index in [0.717, 1.165) is 18.7 Å². The molecular formula is C12H13NO4S. The topological polar surface area (TPSA) is 66.8 Å². The van der Waals surface area contributed by atoms with E-state index in [1.165, 1.54) is 0 Å². The van der Waals surface area contributed by atoms with E-state index in [1.807, 2.05) is 17.1 Å². The molecule has 1 amide bonds. The zero-order chi connectivity index (χ0) is 12.5. The van der Waals surface area contributed by atoms with Gasteiger partial charge in [0, 0.05) is 6.54 Å². The quantitative estimate of drug-likeness (QED) is 0.693. The third kappa shape index (κ3) is 1.04. The predicted molar refractivity (Wildman–Crippen MR) is 63.9 cm³/mol. The number of rotatable bonds is 1. The van der Waals surface area contributed by atoms with Gasteiger partial charge < -0.3 is 14.7 Å². The van der Waals surface area contributed by atoms with Crippen molar-refractivity contribution in [2.75, 3.05) is 12.3 Å². The van der Waals surface area contributed by atoms with Gasteiger partial charge in [-0.25, -0.2) is 0 Å². The molecule has 0 unspecified atom stereocenters. The second kappa shape index (κ2) is 3.30. The summed E-state index contributed by atoms with van der Waals surface area (Å²) in [4.78, 5) is 25.7. The average Bonchev–Trinajstić information content (AvgIpc) is 2.99. The summed E-state index contributed by atoms with van der Waals surface area (Å²) >= 11 is 1.71. The number of carboxylic acids is 1. The van der Waals surface area contributed by atoms with Crippen molar-refractivity contribution in [3.05, 3.63) is 12.2 Å². The highest BCUT2D eigenvalue weighted by atomic mass is 32.2. The minimum Gasteiger partial charge on any atom is -0.481 e. The number of amides is 1. The number of carbonyl (C=O) groups is 2. The summed E-state index contributed by atoms with van der Waals surface area (Å²) in [6.45, 7) is 0.725. The molecule has 1 spiro atoms. The van der Waals surface area contributed by atoms with Crippen LogP contribution in [-0.4, -0.2) is 51.3 Å². The molecule has 4 aliphatic rings. The van der Waals surface area contributed by atoms with Crippen molar-refractivity contribution < 1.29 is 19.4 Å². The first-order chi connectivity index (χ1) is 8.65. The highest BCUT2D eigenvalue weighted by Gasteiger charge is 2.71. The van der Waals surface area contributed by atoms with Crippen molar-refractivity contribution >= 4 is 23.6 Å². The van der Waals surface area contributed by atoms with E-state index < -0.39 is 29.5 Å². The summed E-state index contributed by atoms with van der Waals surface area (Å²) in [6, 6.07) is 0. The molecule has 1 N–H and O–H groups in total. The first kappa shape index (κ1) is 10.9. The summed E-state index contributed by atoms with van der Waals surface area (Å²) in [5, 5.41) is 9.31. The summed E-state index contributed by atoms with van der Waals surface area (Å²) in [6.07, 6.45) is 4.30. The lowest BCUT2D eigenvalue weighted by molar-refractivity contribution is -0.148. The van der Waals surface area contributed by atoms with Crippen molar-refractivity contribution in [3.63, 3.8) is 0 Å². The molecule has 0 aromatic carbocycles. The van der Waals surface area contributed by atoms with Gasteiger partial charge in [-0.05, 0) is 12.2 Å². The van der Waals surface area contributed by atoms with Crippen molar-refractivity contribution in [1.82, 2.24) is 4.90 Å². The maximum Gasteiger partial charge on any atom is 0.310 e. The molecule has 4 aliphatic heterocycles. The summed E-state index contributed by atoms with van der Waals surface area (Å²) in [5.74, 6) is -1.20. The van der Waals surface area contributed by atoms with E-state index in [0.29, 0.717) is 0 Å². The molecule has 5 nitrogen and oxygen atoms in total. The molecule has 3 saturated heterocycles. The maximum absolute atomic E-state index is 12.5. The van der Waals surface area contributed by atoms with E-state index >= 15 is 0 Å². The van der Waals surface area contributed by atoms with Gasteiger partial charge in [-0.2, -0.15) is 0 Å². The van der Waals surface area contributed by atoms with E-state index in [1.54, 1.807) is 11.8 Å². The molecule has 4 rings (SSSR count). The summed E-state index contributed by atoms with van der Waals surface area (Å²) in [5.41, 5.74) is -0.685. The number of thioether (sulfide) groups is 1. The summed E-state index contributed by atoms with van der Waals surface area (Å²) in [7, 11) is 0. The van der Waals surface area contributed by atoms with Crippen LogP contribution in [0.5, 0.6) is 0 Å². The highest BCUT2D eigenvalue weighted by molar-refractivity contribution is 8.00. The van der Waals surface area contributed by atoms with Gasteiger partial charge in [0.25, 0.3) is 0 Å². The molecule has 6 heteroatoms. The molecule has 0 aliphatic carbocycles. The Morgan fingerprint density at radius 2 is 2.44 bits per heavy atom. The van der Waals surface area contributed by atoms with Crippen LogP contribution in [0.4, 0.5) is 0 Å². The van der Waals surface area contributed by atoms with Crippen LogP contribution in [0, 0.1) is 11.8 Å². The van der Waals surface area contributed by atoms with Gasteiger partial charge in [-0.1, -0.05) is 12.2 Å². The Balaban J connectivity index is 1.82. The van der Waals surface area contributed by atoms with Crippen LogP contribution in [0.3, 0.4) is 0 Å². The number of fused-ring (bicyclic) bond motifs is 2. The number of hydrogen-bond acceptors (Lipinski definition) is 4. The Morgan fingerprint density at radius 1 is 1.61 bits per heavy atom. The number of hydrogen-bond donors (Lipinski definition) is 1. The van der Waals surface area contributed by atoms with E-state index in [9.17, 15) is 14.7 Å². The van der Waals surface area contributed by atoms with Crippen LogP contribution >= 0.6 is 11.8 Å². The second-order valence-corrected chi connectivity index (χ2v) is 6.43. The molecule has 0 saturated carbocycles. The van der Waals surface area contributed by atoms with Crippen molar-refractivity contribution in [2.45, 2.75) is 23.5 Å². The SMILES string of the molecule is O=C(O)[C@H]1[C@H]2C(=O)N3CCCS[C@@H]3[C@]23C=C[C@H]1O3. The molecule has 0 radical (unpaired) electrons. The minimum atomic E-state index is -0.922. The third-order valence-electron chi connectivity index (χ3n) is 4.41. The van der Waals surface area contributed by atoms with Gasteiger partial charge in [-0.3, -0.25) is 9.59 Å². The molecule has 0 aromatic rings. The van der Waals surface area contributed by atoms with E-state index in [-0.39, 0.29) is 11.3 Å². The molecule has 4 heterocycles. The lowest BCUT2D eigenvalue weighted by atomic mass is 9.77. The zero-order valence-corrected chi connectivity index (χ0v) is 10.4. The smallest absolute Gasteiger partial charge is 0.310 e. The largest absolute Gasteiger partial charge is 0.481 e. The van der Waals surface area contributed by atoms with Gasteiger partial charge >= 0.3 is 5.97 Å². The van der Waals surface area contributed by atoms with Gasteiger partial charge in [0.2, 0.25) is 5.91 Å². The van der Waals surface area contributed by atoms with Crippen molar-refractivity contribution in [2.24, 2.45) is 11.8 Å². The molecule has 0 aromatic heterocycles. The fourth-order valence-corrected chi connectivity index (χ4v) is 5.19. The van der Waals surface area contributed by atoms with E-state index in [2.05, 4.69) is 0 Å². The van der Waals surface area contributed by atoms with Crippen LogP contribution in [0.25, 0.3) is 0 Å². The molecule has 96 valence electrons. The Labute approximate surface area is 108 Å². The monoisotopic (exact) mass is 267 g/mol. The molecule has 18 heavy (non-hydrogen) atoms. The van der Waals surface area contributed by atoms with Crippen LogP contribution in [0.15, 0.2) is 12.2 Å². The minimum absolute atomic E-state index is 0.0330. The number of nitrogens with zero attached hydrogens (tertiary/aromatic N) is 1. The zero-order valence-electron chi connectivity index (χ0n) is 9.61. The van der Waals surface area contributed by atoms with Gasteiger partial charge in [0.1, 0.15) is 16.9 Å². The Hall–Kier alpha value is -1.01. The number of aliphatic carboxylic acids is 1. The van der Waals surface area contributed by atoms with Crippen LogP contribution in [0.1, 0.15) is 6.42 Å². The molecule has 3 fully saturated rings. The third-order valence-corrected chi connectivity index (χ3v) is 5.87. The van der Waals surface area contributed by atoms with Crippen molar-refractivity contribution in [1.29, 1.82) is 0 Å². The molecular weight excluding hydrogens is 254 g/mol. The van der Waals surface area contributed by atoms with Crippen LogP contribution in [-0.2, 0) is 14.3 Å². The second-order valence-electron chi connectivity index (χ2n) is 5.25. The Bertz CT molecular complexity index is 479. The van der Waals surface area contributed by atoms with Crippen LogP contribution < -0.4 is 0 Å². The van der Waals surface area contributed by atoms with Crippen LogP contribution in [0.2, 0.25) is 0 Å². The van der Waals surface area contributed by atoms with E-state index in [4.69, 9.17) is 4.74 Å². The predicted octanol–water partition coefficient (Wildman–Crippen LogP) is 0.316. The fraction of sp³-hybridized carbons (Fsp3) is 0.667. The fourth-order valence-electron chi connectivity index (χ4n) is 3.74. The highest BCUT2D eigenvalue weighted by Crippen LogP contribution is 2.58. The van der Waals surface area contributed by atoms with Gasteiger partial charge in [0.15, 0.2) is 0 Å². The standard InChI is InChI=1S/C12H13NO4S/c14-9-8-7(10(15)16)6-2-3-12(8,17-6)11-13(9)4-1-5-18-11/h2-3,6-8,11H,1,4-5H2,(H,15,16)/t6-,7-,8+,11-,12+/m1/s1. The first-order valence-electron chi connectivity index (χ1n) is 6.17. The molecule has 5 atom stereocenters.